The van der Waals surface area contributed by atoms with Gasteiger partial charge in [-0.2, -0.15) is 0 Å². The first kappa shape index (κ1) is 8.14. The van der Waals surface area contributed by atoms with Crippen molar-refractivity contribution < 1.29 is 0 Å². The third-order valence-electron chi connectivity index (χ3n) is 2.34. The molecule has 0 amide bonds. The van der Waals surface area contributed by atoms with Crippen molar-refractivity contribution in [1.82, 2.24) is 5.32 Å². The molecular weight excluding hydrogens is 166 g/mol. The number of thioether (sulfide) groups is 1. The highest BCUT2D eigenvalue weighted by molar-refractivity contribution is 7.98. The van der Waals surface area contributed by atoms with E-state index in [0.717, 1.165) is 0 Å². The molecule has 1 nitrogen and oxygen atoms in total. The molecule has 0 aliphatic carbocycles. The van der Waals surface area contributed by atoms with Crippen molar-refractivity contribution in [2.45, 2.75) is 17.4 Å². The van der Waals surface area contributed by atoms with Gasteiger partial charge in [-0.25, -0.2) is 0 Å². The predicted octanol–water partition coefficient (Wildman–Crippen LogP) is 2.44. The maximum Gasteiger partial charge on any atom is 0.0343 e. The Kier molecular flexibility index (Phi) is 2.38. The average molecular weight is 179 g/mol. The average Bonchev–Trinajstić information content (AvgIpc) is 2.02. The Labute approximate surface area is 77.6 Å². The summed E-state index contributed by atoms with van der Waals surface area (Å²) in [5.74, 6) is 0. The molecule has 0 spiro atoms. The van der Waals surface area contributed by atoms with Crippen molar-refractivity contribution in [1.29, 1.82) is 0 Å². The summed E-state index contributed by atoms with van der Waals surface area (Å²) in [6.07, 6.45) is 3.43. The molecule has 1 saturated heterocycles. The summed E-state index contributed by atoms with van der Waals surface area (Å²) < 4.78 is 0. The zero-order valence-corrected chi connectivity index (χ0v) is 8.03. The molecule has 1 aromatic carbocycles. The van der Waals surface area contributed by atoms with Crippen LogP contribution < -0.4 is 5.32 Å². The van der Waals surface area contributed by atoms with Crippen LogP contribution in [0, 0.1) is 0 Å². The molecule has 0 unspecified atom stereocenters. The molecule has 2 rings (SSSR count). The molecule has 0 radical (unpaired) electrons. The van der Waals surface area contributed by atoms with Crippen LogP contribution in [0.3, 0.4) is 0 Å². The summed E-state index contributed by atoms with van der Waals surface area (Å²) in [6, 6.07) is 9.26. The van der Waals surface area contributed by atoms with Gasteiger partial charge >= 0.3 is 0 Å². The highest BCUT2D eigenvalue weighted by atomic mass is 32.2. The monoisotopic (exact) mass is 179 g/mol. The maximum absolute atomic E-state index is 3.42. The van der Waals surface area contributed by atoms with E-state index in [1.54, 1.807) is 0 Å². The molecule has 0 aromatic heterocycles. The minimum atomic E-state index is 0.619. The summed E-state index contributed by atoms with van der Waals surface area (Å²) in [5.41, 5.74) is 1.47. The third kappa shape index (κ3) is 1.37. The van der Waals surface area contributed by atoms with Crippen molar-refractivity contribution in [2.24, 2.45) is 0 Å². The Morgan fingerprint density at radius 1 is 1.42 bits per heavy atom. The molecule has 1 aromatic rings. The molecule has 64 valence electrons. The lowest BCUT2D eigenvalue weighted by atomic mass is 9.98. The highest BCUT2D eigenvalue weighted by Gasteiger charge is 2.20. The number of hydrogen-bond donors (Lipinski definition) is 1. The zero-order chi connectivity index (χ0) is 8.39. The van der Waals surface area contributed by atoms with Crippen LogP contribution in [0.5, 0.6) is 0 Å². The molecule has 2 heteroatoms. The Balaban J connectivity index is 2.27. The van der Waals surface area contributed by atoms with Crippen molar-refractivity contribution in [3.05, 3.63) is 29.8 Å². The SMILES string of the molecule is CSc1ccccc1[C@@H]1CCN1. The number of rotatable bonds is 2. The molecule has 1 aliphatic heterocycles. The summed E-state index contributed by atoms with van der Waals surface area (Å²) in [7, 11) is 0. The van der Waals surface area contributed by atoms with E-state index < -0.39 is 0 Å². The van der Waals surface area contributed by atoms with Crippen molar-refractivity contribution >= 4 is 11.8 Å². The fraction of sp³-hybridized carbons (Fsp3) is 0.400. The lowest BCUT2D eigenvalue weighted by Gasteiger charge is -2.29. The summed E-state index contributed by atoms with van der Waals surface area (Å²) >= 11 is 1.83. The lowest BCUT2D eigenvalue weighted by Crippen LogP contribution is -2.35. The van der Waals surface area contributed by atoms with Crippen LogP contribution >= 0.6 is 11.8 Å². The fourth-order valence-electron chi connectivity index (χ4n) is 1.51. The number of nitrogens with one attached hydrogen (secondary N) is 1. The van der Waals surface area contributed by atoms with Crippen molar-refractivity contribution in [3.8, 4) is 0 Å². The van der Waals surface area contributed by atoms with Crippen molar-refractivity contribution in [2.75, 3.05) is 12.8 Å². The molecule has 1 N–H and O–H groups in total. The van der Waals surface area contributed by atoms with Gasteiger partial charge in [0.25, 0.3) is 0 Å². The Morgan fingerprint density at radius 2 is 2.17 bits per heavy atom. The van der Waals surface area contributed by atoms with Gasteiger partial charge in [-0.1, -0.05) is 18.2 Å². The van der Waals surface area contributed by atoms with E-state index in [-0.39, 0.29) is 0 Å². The largest absolute Gasteiger partial charge is 0.310 e. The first-order chi connectivity index (χ1) is 5.92. The standard InChI is InChI=1S/C10H13NS/c1-12-10-5-3-2-4-8(10)9-6-7-11-9/h2-5,9,11H,6-7H2,1H3/t9-/m0/s1. The fourth-order valence-corrected chi connectivity index (χ4v) is 2.17. The van der Waals surface area contributed by atoms with E-state index >= 15 is 0 Å². The van der Waals surface area contributed by atoms with Gasteiger partial charge < -0.3 is 5.32 Å². The minimum Gasteiger partial charge on any atom is -0.310 e. The lowest BCUT2D eigenvalue weighted by molar-refractivity contribution is 0.378. The molecule has 1 fully saturated rings. The zero-order valence-electron chi connectivity index (χ0n) is 7.21. The van der Waals surface area contributed by atoms with Crippen LogP contribution in [0.1, 0.15) is 18.0 Å². The highest BCUT2D eigenvalue weighted by Crippen LogP contribution is 2.30. The van der Waals surface area contributed by atoms with Gasteiger partial charge in [0.1, 0.15) is 0 Å². The molecule has 0 bridgehead atoms. The topological polar surface area (TPSA) is 12.0 Å². The Bertz CT molecular complexity index is 268. The second-order valence-corrected chi connectivity index (χ2v) is 3.89. The minimum absolute atomic E-state index is 0.619. The first-order valence-corrected chi connectivity index (χ1v) is 5.50. The molecule has 1 aliphatic rings. The van der Waals surface area contributed by atoms with Crippen LogP contribution in [0.25, 0.3) is 0 Å². The van der Waals surface area contributed by atoms with E-state index in [0.29, 0.717) is 6.04 Å². The smallest absolute Gasteiger partial charge is 0.0343 e. The quantitative estimate of drug-likeness (QED) is 0.700. The van der Waals surface area contributed by atoms with Gasteiger partial charge in [-0.05, 0) is 30.9 Å². The normalized spacial score (nSPS) is 21.9. The van der Waals surface area contributed by atoms with Gasteiger partial charge in [0.15, 0.2) is 0 Å². The molecule has 1 atom stereocenters. The predicted molar refractivity (Wildman–Crippen MR) is 53.6 cm³/mol. The molecule has 12 heavy (non-hydrogen) atoms. The molecule has 0 saturated carbocycles. The maximum atomic E-state index is 3.42. The van der Waals surface area contributed by atoms with Gasteiger partial charge in [0.05, 0.1) is 0 Å². The van der Waals surface area contributed by atoms with E-state index in [2.05, 4.69) is 35.8 Å². The van der Waals surface area contributed by atoms with Crippen molar-refractivity contribution in [3.63, 3.8) is 0 Å². The third-order valence-corrected chi connectivity index (χ3v) is 3.15. The summed E-state index contributed by atoms with van der Waals surface area (Å²) in [4.78, 5) is 1.41. The van der Waals surface area contributed by atoms with E-state index in [1.807, 2.05) is 11.8 Å². The molecular formula is C10H13NS. The van der Waals surface area contributed by atoms with Gasteiger partial charge in [-0.15, -0.1) is 11.8 Å². The van der Waals surface area contributed by atoms with Gasteiger partial charge in [0, 0.05) is 10.9 Å². The van der Waals surface area contributed by atoms with Gasteiger partial charge in [-0.3, -0.25) is 0 Å². The van der Waals surface area contributed by atoms with Crippen LogP contribution in [0.15, 0.2) is 29.2 Å². The van der Waals surface area contributed by atoms with Gasteiger partial charge in [0.2, 0.25) is 0 Å². The second kappa shape index (κ2) is 3.50. The summed E-state index contributed by atoms with van der Waals surface area (Å²) in [6.45, 7) is 1.17. The number of benzene rings is 1. The van der Waals surface area contributed by atoms with E-state index in [1.165, 1.54) is 23.4 Å². The summed E-state index contributed by atoms with van der Waals surface area (Å²) in [5, 5.41) is 3.42. The Hall–Kier alpha value is -0.470. The van der Waals surface area contributed by atoms with Crippen LogP contribution in [-0.2, 0) is 0 Å². The van der Waals surface area contributed by atoms with Crippen LogP contribution in [0.2, 0.25) is 0 Å². The van der Waals surface area contributed by atoms with E-state index in [9.17, 15) is 0 Å². The van der Waals surface area contributed by atoms with E-state index in [4.69, 9.17) is 0 Å². The van der Waals surface area contributed by atoms with Crippen LogP contribution in [-0.4, -0.2) is 12.8 Å². The molecule has 1 heterocycles. The number of hydrogen-bond acceptors (Lipinski definition) is 2. The Morgan fingerprint density at radius 3 is 2.75 bits per heavy atom. The first-order valence-electron chi connectivity index (χ1n) is 4.28. The van der Waals surface area contributed by atoms with Crippen LogP contribution in [0.4, 0.5) is 0 Å². The second-order valence-electron chi connectivity index (χ2n) is 3.04.